The highest BCUT2D eigenvalue weighted by atomic mass is 33.1. The number of hydrogen-bond acceptors (Lipinski definition) is 5. The summed E-state index contributed by atoms with van der Waals surface area (Å²) in [6.45, 7) is 0.810. The molecular formula is C4H11NO2S2. The predicted molar refractivity (Wildman–Crippen MR) is 42.1 cm³/mol. The van der Waals surface area contributed by atoms with E-state index < -0.39 is 0 Å². The number of rotatable bonds is 6. The molecule has 0 aliphatic carbocycles. The van der Waals surface area contributed by atoms with Gasteiger partial charge in [0.2, 0.25) is 0 Å². The lowest BCUT2D eigenvalue weighted by molar-refractivity contribution is 0.155. The fraction of sp³-hybridized carbons (Fsp3) is 1.00. The Bertz CT molecular complexity index is 49.8. The van der Waals surface area contributed by atoms with Crippen LogP contribution in [0.4, 0.5) is 0 Å². The summed E-state index contributed by atoms with van der Waals surface area (Å²) in [7, 11) is 3.28. The van der Waals surface area contributed by atoms with Crippen LogP contribution in [0.2, 0.25) is 0 Å². The molecule has 56 valence electrons. The van der Waals surface area contributed by atoms with Gasteiger partial charge >= 0.3 is 0 Å². The lowest BCUT2D eigenvalue weighted by Gasteiger charge is -1.95. The minimum Gasteiger partial charge on any atom is -0.395 e. The molecule has 0 aromatic heterocycles. The molecule has 0 unspecified atom stereocenters. The summed E-state index contributed by atoms with van der Waals surface area (Å²) in [6.07, 6.45) is 0. The smallest absolute Gasteiger partial charge is 0.0778 e. The van der Waals surface area contributed by atoms with E-state index in [1.807, 2.05) is 0 Å². The van der Waals surface area contributed by atoms with Crippen LogP contribution in [0.3, 0.4) is 0 Å². The third-order valence-electron chi connectivity index (χ3n) is 0.542. The van der Waals surface area contributed by atoms with Crippen LogP contribution < -0.4 is 5.90 Å². The maximum Gasteiger partial charge on any atom is 0.0778 e. The second-order valence-corrected chi connectivity index (χ2v) is 3.94. The molecule has 0 aromatic carbocycles. The Morgan fingerprint density at radius 1 is 1.33 bits per heavy atom. The number of aliphatic hydroxyl groups is 1. The average molecular weight is 169 g/mol. The van der Waals surface area contributed by atoms with Gasteiger partial charge in [0.25, 0.3) is 0 Å². The minimum atomic E-state index is 0.237. The van der Waals surface area contributed by atoms with Gasteiger partial charge in [-0.25, -0.2) is 5.90 Å². The van der Waals surface area contributed by atoms with Gasteiger partial charge in [0.15, 0.2) is 0 Å². The Morgan fingerprint density at radius 3 is 2.56 bits per heavy atom. The molecule has 0 saturated carbocycles. The molecule has 0 atom stereocenters. The molecule has 0 aromatic rings. The third-order valence-corrected chi connectivity index (χ3v) is 2.89. The van der Waals surface area contributed by atoms with Crippen molar-refractivity contribution in [2.45, 2.75) is 0 Å². The van der Waals surface area contributed by atoms with E-state index in [9.17, 15) is 0 Å². The van der Waals surface area contributed by atoms with Crippen LogP contribution >= 0.6 is 21.6 Å². The van der Waals surface area contributed by atoms with Crippen LogP contribution in [-0.4, -0.2) is 29.8 Å². The Balaban J connectivity index is 2.60. The average Bonchev–Trinajstić information content (AvgIpc) is 1.89. The Hall–Kier alpha value is 0.580. The standard InChI is InChI=1S/C4H11NO2S2/c5-7-2-4-9-8-3-1-6/h6H,1-5H2. The molecule has 0 radical (unpaired) electrons. The van der Waals surface area contributed by atoms with Crippen molar-refractivity contribution >= 4 is 21.6 Å². The monoisotopic (exact) mass is 169 g/mol. The second-order valence-electron chi connectivity index (χ2n) is 1.24. The molecule has 0 aliphatic heterocycles. The van der Waals surface area contributed by atoms with E-state index in [1.54, 1.807) is 21.6 Å². The molecule has 0 amide bonds. The summed E-state index contributed by atoms with van der Waals surface area (Å²) < 4.78 is 0. The van der Waals surface area contributed by atoms with Crippen molar-refractivity contribution in [1.29, 1.82) is 0 Å². The van der Waals surface area contributed by atoms with E-state index in [4.69, 9.17) is 11.0 Å². The normalized spacial score (nSPS) is 10.0. The molecule has 3 N–H and O–H groups in total. The van der Waals surface area contributed by atoms with E-state index in [0.29, 0.717) is 6.61 Å². The molecule has 0 aliphatic rings. The summed E-state index contributed by atoms with van der Waals surface area (Å²) >= 11 is 0. The van der Waals surface area contributed by atoms with Crippen molar-refractivity contribution in [1.82, 2.24) is 0 Å². The molecule has 0 spiro atoms. The Labute approximate surface area is 62.7 Å². The zero-order valence-electron chi connectivity index (χ0n) is 5.08. The van der Waals surface area contributed by atoms with E-state index in [2.05, 4.69) is 4.84 Å². The lowest BCUT2D eigenvalue weighted by atomic mass is 10.9. The molecule has 5 heteroatoms. The van der Waals surface area contributed by atoms with Crippen LogP contribution in [0.1, 0.15) is 0 Å². The summed E-state index contributed by atoms with van der Waals surface area (Å²) in [4.78, 5) is 4.33. The van der Waals surface area contributed by atoms with Crippen molar-refractivity contribution < 1.29 is 9.94 Å². The molecular weight excluding hydrogens is 158 g/mol. The molecule has 0 saturated heterocycles. The van der Waals surface area contributed by atoms with Gasteiger partial charge in [0, 0.05) is 11.5 Å². The molecule has 0 bridgehead atoms. The highest BCUT2D eigenvalue weighted by Gasteiger charge is 1.87. The summed E-state index contributed by atoms with van der Waals surface area (Å²) in [6, 6.07) is 0. The van der Waals surface area contributed by atoms with Crippen LogP contribution in [0, 0.1) is 0 Å². The Morgan fingerprint density at radius 2 is 2.00 bits per heavy atom. The highest BCUT2D eigenvalue weighted by molar-refractivity contribution is 8.76. The van der Waals surface area contributed by atoms with Gasteiger partial charge in [0.1, 0.15) is 0 Å². The van der Waals surface area contributed by atoms with Crippen molar-refractivity contribution in [2.75, 3.05) is 24.7 Å². The van der Waals surface area contributed by atoms with Gasteiger partial charge in [-0.15, -0.1) is 0 Å². The first kappa shape index (κ1) is 9.58. The highest BCUT2D eigenvalue weighted by Crippen LogP contribution is 2.19. The number of nitrogens with two attached hydrogens (primary N) is 1. The van der Waals surface area contributed by atoms with Crippen LogP contribution in [0.15, 0.2) is 0 Å². The third kappa shape index (κ3) is 8.58. The van der Waals surface area contributed by atoms with Gasteiger partial charge in [-0.05, 0) is 0 Å². The van der Waals surface area contributed by atoms with E-state index in [0.717, 1.165) is 11.5 Å². The van der Waals surface area contributed by atoms with Gasteiger partial charge in [-0.3, -0.25) is 0 Å². The predicted octanol–water partition coefficient (Wildman–Crippen LogP) is 0.250. The zero-order chi connectivity index (χ0) is 6.95. The second kappa shape index (κ2) is 8.58. The minimum absolute atomic E-state index is 0.237. The topological polar surface area (TPSA) is 55.5 Å². The van der Waals surface area contributed by atoms with Crippen molar-refractivity contribution in [3.05, 3.63) is 0 Å². The van der Waals surface area contributed by atoms with Crippen LogP contribution in [0.25, 0.3) is 0 Å². The first-order valence-electron chi connectivity index (χ1n) is 2.58. The van der Waals surface area contributed by atoms with Gasteiger partial charge in [-0.1, -0.05) is 21.6 Å². The summed E-state index contributed by atoms with van der Waals surface area (Å²) in [5, 5.41) is 8.33. The van der Waals surface area contributed by atoms with Gasteiger partial charge in [0.05, 0.1) is 13.2 Å². The quantitative estimate of drug-likeness (QED) is 0.339. The summed E-state index contributed by atoms with van der Waals surface area (Å²) in [5.74, 6) is 6.42. The fourth-order valence-corrected chi connectivity index (χ4v) is 1.85. The van der Waals surface area contributed by atoms with Crippen molar-refractivity contribution in [3.8, 4) is 0 Å². The Kier molecular flexibility index (Phi) is 9.13. The molecule has 3 nitrogen and oxygen atoms in total. The first-order chi connectivity index (χ1) is 4.41. The van der Waals surface area contributed by atoms with Crippen molar-refractivity contribution in [2.24, 2.45) is 5.90 Å². The zero-order valence-corrected chi connectivity index (χ0v) is 6.71. The van der Waals surface area contributed by atoms with Crippen LogP contribution in [0.5, 0.6) is 0 Å². The molecule has 0 heterocycles. The van der Waals surface area contributed by atoms with Gasteiger partial charge < -0.3 is 9.94 Å². The molecule has 0 fully saturated rings. The maximum absolute atomic E-state index is 8.33. The van der Waals surface area contributed by atoms with Crippen LogP contribution in [-0.2, 0) is 4.84 Å². The number of aliphatic hydroxyl groups excluding tert-OH is 1. The largest absolute Gasteiger partial charge is 0.395 e. The lowest BCUT2D eigenvalue weighted by Crippen LogP contribution is -2.02. The van der Waals surface area contributed by atoms with Crippen molar-refractivity contribution in [3.63, 3.8) is 0 Å². The fourth-order valence-electron chi connectivity index (χ4n) is 0.237. The van der Waals surface area contributed by atoms with E-state index >= 15 is 0 Å². The summed E-state index contributed by atoms with van der Waals surface area (Å²) in [5.41, 5.74) is 0. The van der Waals surface area contributed by atoms with Gasteiger partial charge in [-0.2, -0.15) is 0 Å². The first-order valence-corrected chi connectivity index (χ1v) is 5.07. The van der Waals surface area contributed by atoms with E-state index in [1.165, 1.54) is 0 Å². The maximum atomic E-state index is 8.33. The SMILES string of the molecule is NOCCSSCCO. The molecule has 0 rings (SSSR count). The molecule has 9 heavy (non-hydrogen) atoms. The van der Waals surface area contributed by atoms with E-state index in [-0.39, 0.29) is 6.61 Å². The number of hydrogen-bond donors (Lipinski definition) is 2.